The van der Waals surface area contributed by atoms with E-state index in [1.807, 2.05) is 0 Å². The van der Waals surface area contributed by atoms with E-state index in [1.54, 1.807) is 13.8 Å². The maximum atomic E-state index is 10.9. The summed E-state index contributed by atoms with van der Waals surface area (Å²) in [6.45, 7) is 4.64. The van der Waals surface area contributed by atoms with E-state index >= 15 is 0 Å². The van der Waals surface area contributed by atoms with Gasteiger partial charge in [0.1, 0.15) is 0 Å². The van der Waals surface area contributed by atoms with Gasteiger partial charge in [-0.2, -0.15) is 0 Å². The van der Waals surface area contributed by atoms with Crippen molar-refractivity contribution >= 4 is 5.97 Å². The lowest BCUT2D eigenvalue weighted by Crippen LogP contribution is -2.39. The molecule has 0 spiro atoms. The van der Waals surface area contributed by atoms with E-state index in [0.29, 0.717) is 6.04 Å². The highest BCUT2D eigenvalue weighted by Crippen LogP contribution is 2.25. The van der Waals surface area contributed by atoms with Crippen LogP contribution in [0.15, 0.2) is 0 Å². The van der Waals surface area contributed by atoms with Gasteiger partial charge in [0, 0.05) is 6.04 Å². The van der Waals surface area contributed by atoms with Crippen LogP contribution < -0.4 is 5.32 Å². The largest absolute Gasteiger partial charge is 0.481 e. The summed E-state index contributed by atoms with van der Waals surface area (Å²) in [6, 6.07) is 0.403. The van der Waals surface area contributed by atoms with Crippen LogP contribution in [0.4, 0.5) is 0 Å². The zero-order valence-electron chi connectivity index (χ0n) is 8.47. The number of nitrogens with one attached hydrogen (secondary N) is 1. The summed E-state index contributed by atoms with van der Waals surface area (Å²) in [4.78, 5) is 10.9. The van der Waals surface area contributed by atoms with Crippen LogP contribution in [0.25, 0.3) is 0 Å². The topological polar surface area (TPSA) is 49.3 Å². The van der Waals surface area contributed by atoms with Gasteiger partial charge in [-0.15, -0.1) is 0 Å². The monoisotopic (exact) mass is 185 g/mol. The quantitative estimate of drug-likeness (QED) is 0.702. The first-order valence-corrected chi connectivity index (χ1v) is 4.99. The summed E-state index contributed by atoms with van der Waals surface area (Å²) in [6.07, 6.45) is 4.32. The van der Waals surface area contributed by atoms with E-state index in [9.17, 15) is 4.79 Å². The molecule has 0 aromatic heterocycles. The minimum atomic E-state index is -0.695. The van der Waals surface area contributed by atoms with Gasteiger partial charge in [-0.1, -0.05) is 6.42 Å². The fraction of sp³-hybridized carbons (Fsp3) is 0.900. The number of aliphatic carboxylic acids is 1. The number of hydrogen-bond donors (Lipinski definition) is 2. The number of rotatable bonds is 3. The van der Waals surface area contributed by atoms with Gasteiger partial charge in [0.05, 0.1) is 5.41 Å². The predicted molar refractivity (Wildman–Crippen MR) is 51.7 cm³/mol. The molecule has 0 amide bonds. The van der Waals surface area contributed by atoms with Gasteiger partial charge < -0.3 is 10.4 Å². The number of hydrogen-bond acceptors (Lipinski definition) is 2. The standard InChI is InChI=1S/C10H19NO2/c1-10(2,9(12)13)7-8-5-3-4-6-11-8/h8,11H,3-7H2,1-2H3,(H,12,13). The Bertz CT molecular complexity index is 183. The van der Waals surface area contributed by atoms with E-state index in [0.717, 1.165) is 19.4 Å². The van der Waals surface area contributed by atoms with Crippen LogP contribution in [0.2, 0.25) is 0 Å². The molecule has 1 aliphatic heterocycles. The number of carboxylic acid groups (broad SMARTS) is 1. The number of piperidine rings is 1. The Morgan fingerprint density at radius 3 is 2.69 bits per heavy atom. The van der Waals surface area contributed by atoms with Gasteiger partial charge in [-0.3, -0.25) is 4.79 Å². The molecule has 13 heavy (non-hydrogen) atoms. The molecule has 0 aromatic carbocycles. The molecule has 3 nitrogen and oxygen atoms in total. The normalized spacial score (nSPS) is 24.3. The highest BCUT2D eigenvalue weighted by molar-refractivity contribution is 5.73. The van der Waals surface area contributed by atoms with Crippen molar-refractivity contribution < 1.29 is 9.90 Å². The second kappa shape index (κ2) is 4.09. The van der Waals surface area contributed by atoms with Gasteiger partial charge in [0.25, 0.3) is 0 Å². The van der Waals surface area contributed by atoms with Crippen molar-refractivity contribution in [2.75, 3.05) is 6.54 Å². The second-order valence-corrected chi connectivity index (χ2v) is 4.54. The summed E-state index contributed by atoms with van der Waals surface area (Å²) in [7, 11) is 0. The summed E-state index contributed by atoms with van der Waals surface area (Å²) in [5, 5.41) is 12.3. The lowest BCUT2D eigenvalue weighted by molar-refractivity contribution is -0.147. The fourth-order valence-electron chi connectivity index (χ4n) is 1.80. The third-order valence-corrected chi connectivity index (χ3v) is 2.75. The van der Waals surface area contributed by atoms with E-state index < -0.39 is 11.4 Å². The van der Waals surface area contributed by atoms with Crippen molar-refractivity contribution in [3.05, 3.63) is 0 Å². The Hall–Kier alpha value is -0.570. The third kappa shape index (κ3) is 2.99. The van der Waals surface area contributed by atoms with Crippen molar-refractivity contribution in [3.63, 3.8) is 0 Å². The molecule has 3 heteroatoms. The van der Waals surface area contributed by atoms with E-state index in [4.69, 9.17) is 5.11 Å². The molecule has 1 unspecified atom stereocenters. The maximum Gasteiger partial charge on any atom is 0.309 e. The van der Waals surface area contributed by atoms with Crippen LogP contribution in [0, 0.1) is 5.41 Å². The van der Waals surface area contributed by atoms with E-state index in [-0.39, 0.29) is 0 Å². The molecule has 1 aliphatic rings. The van der Waals surface area contributed by atoms with E-state index in [1.165, 1.54) is 12.8 Å². The molecule has 0 aromatic rings. The molecule has 0 aliphatic carbocycles. The lowest BCUT2D eigenvalue weighted by Gasteiger charge is -2.29. The molecule has 0 radical (unpaired) electrons. The molecular formula is C10H19NO2. The van der Waals surface area contributed by atoms with Gasteiger partial charge in [-0.05, 0) is 39.7 Å². The molecule has 1 heterocycles. The summed E-state index contributed by atoms with van der Waals surface area (Å²) in [5.74, 6) is -0.695. The van der Waals surface area contributed by atoms with Crippen LogP contribution in [0.3, 0.4) is 0 Å². The average molecular weight is 185 g/mol. The molecule has 76 valence electrons. The Morgan fingerprint density at radius 2 is 2.23 bits per heavy atom. The zero-order chi connectivity index (χ0) is 9.90. The minimum Gasteiger partial charge on any atom is -0.481 e. The van der Waals surface area contributed by atoms with Crippen molar-refractivity contribution in [2.24, 2.45) is 5.41 Å². The molecule has 1 atom stereocenters. The Morgan fingerprint density at radius 1 is 1.54 bits per heavy atom. The minimum absolute atomic E-state index is 0.403. The van der Waals surface area contributed by atoms with Crippen LogP contribution in [-0.4, -0.2) is 23.7 Å². The van der Waals surface area contributed by atoms with Crippen LogP contribution in [0.5, 0.6) is 0 Å². The zero-order valence-corrected chi connectivity index (χ0v) is 8.47. The van der Waals surface area contributed by atoms with Crippen LogP contribution in [-0.2, 0) is 4.79 Å². The molecule has 2 N–H and O–H groups in total. The summed E-state index contributed by atoms with van der Waals surface area (Å²) < 4.78 is 0. The molecular weight excluding hydrogens is 166 g/mol. The van der Waals surface area contributed by atoms with Crippen molar-refractivity contribution in [2.45, 2.75) is 45.6 Å². The lowest BCUT2D eigenvalue weighted by atomic mass is 9.83. The highest BCUT2D eigenvalue weighted by Gasteiger charge is 2.30. The van der Waals surface area contributed by atoms with Gasteiger partial charge in [0.15, 0.2) is 0 Å². The first-order valence-electron chi connectivity index (χ1n) is 4.99. The van der Waals surface area contributed by atoms with Gasteiger partial charge >= 0.3 is 5.97 Å². The number of carbonyl (C=O) groups is 1. The van der Waals surface area contributed by atoms with Gasteiger partial charge in [-0.25, -0.2) is 0 Å². The van der Waals surface area contributed by atoms with Crippen molar-refractivity contribution in [1.82, 2.24) is 5.32 Å². The Balaban J connectivity index is 2.41. The van der Waals surface area contributed by atoms with Crippen molar-refractivity contribution in [3.8, 4) is 0 Å². The summed E-state index contributed by atoms with van der Waals surface area (Å²) >= 11 is 0. The Labute approximate surface area is 79.5 Å². The molecule has 1 fully saturated rings. The van der Waals surface area contributed by atoms with Gasteiger partial charge in [0.2, 0.25) is 0 Å². The first-order chi connectivity index (χ1) is 6.02. The average Bonchev–Trinajstić information content (AvgIpc) is 2.05. The van der Waals surface area contributed by atoms with Crippen molar-refractivity contribution in [1.29, 1.82) is 0 Å². The fourth-order valence-corrected chi connectivity index (χ4v) is 1.80. The number of carboxylic acids is 1. The first kappa shape index (κ1) is 10.5. The SMILES string of the molecule is CC(C)(CC1CCCCN1)C(=O)O. The summed E-state index contributed by atoms with van der Waals surface area (Å²) in [5.41, 5.74) is -0.588. The molecule has 1 rings (SSSR count). The Kier molecular flexibility index (Phi) is 3.31. The second-order valence-electron chi connectivity index (χ2n) is 4.54. The van der Waals surface area contributed by atoms with Crippen LogP contribution >= 0.6 is 0 Å². The molecule has 0 saturated carbocycles. The third-order valence-electron chi connectivity index (χ3n) is 2.75. The molecule has 0 bridgehead atoms. The highest BCUT2D eigenvalue weighted by atomic mass is 16.4. The van der Waals surface area contributed by atoms with Crippen LogP contribution in [0.1, 0.15) is 39.5 Å². The van der Waals surface area contributed by atoms with E-state index in [2.05, 4.69) is 5.32 Å². The molecule has 1 saturated heterocycles. The smallest absolute Gasteiger partial charge is 0.309 e. The maximum absolute atomic E-state index is 10.9. The predicted octanol–water partition coefficient (Wildman–Crippen LogP) is 1.63.